The SMILES string of the molecule is O=C(Cc1nc(CCl)cs1)Nc1cc(I)ccc1Br. The molecule has 3 nitrogen and oxygen atoms in total. The van der Waals surface area contributed by atoms with E-state index in [1.54, 1.807) is 0 Å². The average molecular weight is 472 g/mol. The lowest BCUT2D eigenvalue weighted by Gasteiger charge is -2.07. The summed E-state index contributed by atoms with van der Waals surface area (Å²) >= 11 is 12.7. The molecule has 0 saturated heterocycles. The maximum atomic E-state index is 11.9. The van der Waals surface area contributed by atoms with Gasteiger partial charge in [-0.15, -0.1) is 22.9 Å². The highest BCUT2D eigenvalue weighted by Crippen LogP contribution is 2.24. The van der Waals surface area contributed by atoms with Gasteiger partial charge in [-0.25, -0.2) is 4.98 Å². The lowest BCUT2D eigenvalue weighted by molar-refractivity contribution is -0.115. The summed E-state index contributed by atoms with van der Waals surface area (Å²) in [6.45, 7) is 0. The van der Waals surface area contributed by atoms with E-state index in [0.717, 1.165) is 24.4 Å². The molecule has 0 saturated carbocycles. The predicted molar refractivity (Wildman–Crippen MR) is 90.9 cm³/mol. The first-order chi connectivity index (χ1) is 9.08. The van der Waals surface area contributed by atoms with Crippen molar-refractivity contribution < 1.29 is 4.79 Å². The zero-order valence-corrected chi connectivity index (χ0v) is 14.9. The Kier molecular flexibility index (Phi) is 5.61. The number of nitrogens with one attached hydrogen (secondary N) is 1. The number of thiazole rings is 1. The summed E-state index contributed by atoms with van der Waals surface area (Å²) in [7, 11) is 0. The number of nitrogens with zero attached hydrogens (tertiary/aromatic N) is 1. The van der Waals surface area contributed by atoms with Crippen molar-refractivity contribution in [2.24, 2.45) is 0 Å². The molecule has 7 heteroatoms. The van der Waals surface area contributed by atoms with E-state index in [1.807, 2.05) is 23.6 Å². The highest BCUT2D eigenvalue weighted by molar-refractivity contribution is 14.1. The summed E-state index contributed by atoms with van der Waals surface area (Å²) in [5.74, 6) is 0.291. The summed E-state index contributed by atoms with van der Waals surface area (Å²) in [6.07, 6.45) is 0.263. The van der Waals surface area contributed by atoms with Gasteiger partial charge in [0.15, 0.2) is 0 Å². The molecule has 100 valence electrons. The first-order valence-electron chi connectivity index (χ1n) is 5.32. The maximum absolute atomic E-state index is 11.9. The molecular formula is C12H9BrClIN2OS. The maximum Gasteiger partial charge on any atom is 0.231 e. The number of alkyl halides is 1. The van der Waals surface area contributed by atoms with E-state index < -0.39 is 0 Å². The zero-order chi connectivity index (χ0) is 13.8. The van der Waals surface area contributed by atoms with E-state index in [9.17, 15) is 4.79 Å². The molecule has 0 fully saturated rings. The first kappa shape index (κ1) is 15.2. The fourth-order valence-electron chi connectivity index (χ4n) is 1.42. The van der Waals surface area contributed by atoms with E-state index in [-0.39, 0.29) is 12.3 Å². The molecule has 2 aromatic rings. The predicted octanol–water partition coefficient (Wildman–Crippen LogP) is 4.43. The smallest absolute Gasteiger partial charge is 0.231 e. The van der Waals surface area contributed by atoms with Crippen LogP contribution < -0.4 is 5.32 Å². The molecule has 0 aliphatic carbocycles. The molecule has 2 rings (SSSR count). The van der Waals surface area contributed by atoms with Gasteiger partial charge in [-0.3, -0.25) is 4.79 Å². The van der Waals surface area contributed by atoms with Gasteiger partial charge in [-0.2, -0.15) is 0 Å². The van der Waals surface area contributed by atoms with Crippen LogP contribution in [0, 0.1) is 3.57 Å². The minimum Gasteiger partial charge on any atom is -0.325 e. The Labute approximate surface area is 142 Å². The number of hydrogen-bond donors (Lipinski definition) is 1. The lowest BCUT2D eigenvalue weighted by Crippen LogP contribution is -2.14. The molecule has 0 bridgehead atoms. The number of amides is 1. The Hall–Kier alpha value is -0.180. The van der Waals surface area contributed by atoms with Crippen molar-refractivity contribution in [3.8, 4) is 0 Å². The zero-order valence-electron chi connectivity index (χ0n) is 9.62. The number of hydrogen-bond acceptors (Lipinski definition) is 3. The summed E-state index contributed by atoms with van der Waals surface area (Å²) < 4.78 is 1.93. The first-order valence-corrected chi connectivity index (χ1v) is 8.61. The number of halogens is 3. The normalized spacial score (nSPS) is 10.5. The van der Waals surface area contributed by atoms with Gasteiger partial charge in [0, 0.05) is 13.4 Å². The van der Waals surface area contributed by atoms with Crippen LogP contribution >= 0.6 is 61.5 Å². The monoisotopic (exact) mass is 470 g/mol. The Morgan fingerprint density at radius 3 is 3.00 bits per heavy atom. The van der Waals surface area contributed by atoms with Crippen LogP contribution in [0.15, 0.2) is 28.1 Å². The Bertz CT molecular complexity index is 605. The molecule has 19 heavy (non-hydrogen) atoms. The highest BCUT2D eigenvalue weighted by Gasteiger charge is 2.10. The molecule has 0 unspecified atom stereocenters. The number of aromatic nitrogens is 1. The van der Waals surface area contributed by atoms with Crippen LogP contribution in [0.3, 0.4) is 0 Å². The van der Waals surface area contributed by atoms with Crippen molar-refractivity contribution in [3.63, 3.8) is 0 Å². The number of benzene rings is 1. The van der Waals surface area contributed by atoms with E-state index in [1.165, 1.54) is 11.3 Å². The molecule has 1 N–H and O–H groups in total. The third-order valence-electron chi connectivity index (χ3n) is 2.25. The Morgan fingerprint density at radius 1 is 1.53 bits per heavy atom. The van der Waals surface area contributed by atoms with Crippen molar-refractivity contribution in [1.82, 2.24) is 4.98 Å². The largest absolute Gasteiger partial charge is 0.325 e. The summed E-state index contributed by atoms with van der Waals surface area (Å²) in [5, 5.41) is 5.51. The van der Waals surface area contributed by atoms with Gasteiger partial charge in [-0.05, 0) is 56.7 Å². The topological polar surface area (TPSA) is 42.0 Å². The molecular weight excluding hydrogens is 462 g/mol. The number of carbonyl (C=O) groups is 1. The van der Waals surface area contributed by atoms with E-state index in [2.05, 4.69) is 48.8 Å². The third kappa shape index (κ3) is 4.40. The lowest BCUT2D eigenvalue weighted by atomic mass is 10.3. The minimum atomic E-state index is -0.0850. The molecule has 0 aliphatic rings. The van der Waals surface area contributed by atoms with Crippen LogP contribution in [-0.2, 0) is 17.1 Å². The van der Waals surface area contributed by atoms with Crippen LogP contribution in [-0.4, -0.2) is 10.9 Å². The average Bonchev–Trinajstić information content (AvgIpc) is 2.81. The highest BCUT2D eigenvalue weighted by atomic mass is 127. The third-order valence-corrected chi connectivity index (χ3v) is 4.78. The molecule has 1 aromatic carbocycles. The van der Waals surface area contributed by atoms with Gasteiger partial charge in [-0.1, -0.05) is 0 Å². The fraction of sp³-hybridized carbons (Fsp3) is 0.167. The van der Waals surface area contributed by atoms with Gasteiger partial charge in [0.05, 0.1) is 23.7 Å². The van der Waals surface area contributed by atoms with Crippen LogP contribution in [0.25, 0.3) is 0 Å². The van der Waals surface area contributed by atoms with Gasteiger partial charge < -0.3 is 5.32 Å². The van der Waals surface area contributed by atoms with Gasteiger partial charge in [0.1, 0.15) is 5.01 Å². The second-order valence-corrected chi connectivity index (χ2v) is 7.03. The van der Waals surface area contributed by atoms with Crippen LogP contribution in [0.5, 0.6) is 0 Å². The summed E-state index contributed by atoms with van der Waals surface area (Å²) in [5.41, 5.74) is 1.58. The summed E-state index contributed by atoms with van der Waals surface area (Å²) in [4.78, 5) is 16.2. The molecule has 0 radical (unpaired) electrons. The van der Waals surface area contributed by atoms with E-state index in [4.69, 9.17) is 11.6 Å². The van der Waals surface area contributed by atoms with Crippen molar-refractivity contribution in [3.05, 3.63) is 42.3 Å². The number of carbonyl (C=O) groups excluding carboxylic acids is 1. The van der Waals surface area contributed by atoms with Crippen LogP contribution in [0.1, 0.15) is 10.7 Å². The molecule has 0 spiro atoms. The van der Waals surface area contributed by atoms with Crippen molar-refractivity contribution in [2.75, 3.05) is 5.32 Å². The minimum absolute atomic E-state index is 0.0850. The molecule has 1 heterocycles. The Balaban J connectivity index is 2.03. The quantitative estimate of drug-likeness (QED) is 0.530. The number of rotatable bonds is 4. The molecule has 1 amide bonds. The molecule has 0 atom stereocenters. The van der Waals surface area contributed by atoms with Crippen molar-refractivity contribution in [1.29, 1.82) is 0 Å². The van der Waals surface area contributed by atoms with E-state index >= 15 is 0 Å². The summed E-state index contributed by atoms with van der Waals surface area (Å²) in [6, 6.07) is 5.79. The standard InChI is InChI=1S/C12H9BrClIN2OS/c13-9-2-1-7(15)3-10(9)17-11(18)4-12-16-8(5-14)6-19-12/h1-3,6H,4-5H2,(H,17,18). The van der Waals surface area contributed by atoms with Crippen molar-refractivity contribution in [2.45, 2.75) is 12.3 Å². The van der Waals surface area contributed by atoms with Gasteiger partial charge in [0.2, 0.25) is 5.91 Å². The molecule has 0 aliphatic heterocycles. The second-order valence-electron chi connectivity index (χ2n) is 3.72. The van der Waals surface area contributed by atoms with Crippen LogP contribution in [0.4, 0.5) is 5.69 Å². The van der Waals surface area contributed by atoms with E-state index in [0.29, 0.717) is 5.88 Å². The number of anilines is 1. The second kappa shape index (κ2) is 7.01. The molecule has 1 aromatic heterocycles. The van der Waals surface area contributed by atoms with Crippen LogP contribution in [0.2, 0.25) is 0 Å². The fourth-order valence-corrected chi connectivity index (χ4v) is 3.27. The van der Waals surface area contributed by atoms with Crippen molar-refractivity contribution >= 4 is 73.1 Å². The Morgan fingerprint density at radius 2 is 2.32 bits per heavy atom. The van der Waals surface area contributed by atoms with Gasteiger partial charge >= 0.3 is 0 Å². The van der Waals surface area contributed by atoms with Gasteiger partial charge in [0.25, 0.3) is 0 Å².